The van der Waals surface area contributed by atoms with Gasteiger partial charge < -0.3 is 18.9 Å². The Morgan fingerprint density at radius 1 is 1.02 bits per heavy atom. The molecule has 0 spiro atoms. The zero-order valence-corrected chi connectivity index (χ0v) is 28.2. The number of para-hydroxylation sites is 1. The minimum absolute atomic E-state index is 0.180. The summed E-state index contributed by atoms with van der Waals surface area (Å²) in [4.78, 5) is 35.7. The van der Waals surface area contributed by atoms with Gasteiger partial charge in [-0.15, -0.1) is 0 Å². The van der Waals surface area contributed by atoms with E-state index in [0.717, 1.165) is 27.7 Å². The Kier molecular flexibility index (Phi) is 8.88. The number of carbonyl (C=O) groups is 1. The van der Waals surface area contributed by atoms with Crippen LogP contribution < -0.4 is 24.4 Å². The second-order valence-corrected chi connectivity index (χ2v) is 12.4. The van der Waals surface area contributed by atoms with Crippen molar-refractivity contribution >= 4 is 34.2 Å². The average molecular weight is 653 g/mol. The second-order valence-electron chi connectivity index (χ2n) is 11.4. The van der Waals surface area contributed by atoms with Gasteiger partial charge in [0.2, 0.25) is 0 Å². The summed E-state index contributed by atoms with van der Waals surface area (Å²) in [7, 11) is 3.15. The molecule has 8 nitrogen and oxygen atoms in total. The zero-order chi connectivity index (χ0) is 33.4. The van der Waals surface area contributed by atoms with E-state index < -0.39 is 6.04 Å². The van der Waals surface area contributed by atoms with Gasteiger partial charge in [0.15, 0.2) is 4.80 Å². The van der Waals surface area contributed by atoms with Crippen LogP contribution >= 0.6 is 11.3 Å². The van der Waals surface area contributed by atoms with E-state index in [4.69, 9.17) is 14.5 Å². The predicted octanol–water partition coefficient (Wildman–Crippen LogP) is 5.57. The maximum atomic E-state index is 14.5. The van der Waals surface area contributed by atoms with Crippen molar-refractivity contribution in [1.29, 1.82) is 0 Å². The molecule has 5 aromatic rings. The molecule has 0 saturated heterocycles. The lowest BCUT2D eigenvalue weighted by molar-refractivity contribution is -0.127. The van der Waals surface area contributed by atoms with E-state index >= 15 is 0 Å². The monoisotopic (exact) mass is 652 g/mol. The molecule has 6 rings (SSSR count). The quantitative estimate of drug-likeness (QED) is 0.209. The molecular weight excluding hydrogens is 615 g/mol. The number of methoxy groups -OCH3 is 2. The molecule has 0 N–H and O–H groups in total. The first-order chi connectivity index (χ1) is 22.7. The van der Waals surface area contributed by atoms with E-state index in [2.05, 4.69) is 4.57 Å². The Morgan fingerprint density at radius 3 is 2.43 bits per heavy atom. The maximum absolute atomic E-state index is 14.5. The highest BCUT2D eigenvalue weighted by Crippen LogP contribution is 2.38. The first-order valence-electron chi connectivity index (χ1n) is 15.6. The van der Waals surface area contributed by atoms with Gasteiger partial charge in [-0.2, -0.15) is 0 Å². The molecule has 0 saturated carbocycles. The van der Waals surface area contributed by atoms with Crippen molar-refractivity contribution in [2.24, 2.45) is 4.99 Å². The fourth-order valence-corrected chi connectivity index (χ4v) is 7.40. The van der Waals surface area contributed by atoms with Crippen LogP contribution in [0.15, 0.2) is 87.8 Å². The number of allylic oxidation sites excluding steroid dienone is 1. The van der Waals surface area contributed by atoms with Crippen molar-refractivity contribution in [1.82, 2.24) is 14.0 Å². The Hall–Kier alpha value is -4.96. The lowest BCUT2D eigenvalue weighted by atomic mass is 9.93. The van der Waals surface area contributed by atoms with Crippen LogP contribution in [0.5, 0.6) is 11.5 Å². The van der Waals surface area contributed by atoms with Gasteiger partial charge in [0, 0.05) is 47.4 Å². The third-order valence-electron chi connectivity index (χ3n) is 8.84. The summed E-state index contributed by atoms with van der Waals surface area (Å²) in [5, 5.41) is 0.998. The molecule has 2 aromatic heterocycles. The molecule has 242 valence electrons. The molecule has 0 aliphatic carbocycles. The molecule has 3 aromatic carbocycles. The summed E-state index contributed by atoms with van der Waals surface area (Å²) >= 11 is 1.29. The number of halogens is 1. The predicted molar refractivity (Wildman–Crippen MR) is 183 cm³/mol. The highest BCUT2D eigenvalue weighted by Gasteiger charge is 2.36. The van der Waals surface area contributed by atoms with Gasteiger partial charge in [-0.1, -0.05) is 41.7 Å². The van der Waals surface area contributed by atoms with E-state index in [1.807, 2.05) is 64.1 Å². The summed E-state index contributed by atoms with van der Waals surface area (Å²) in [5.74, 6) is 0.655. The van der Waals surface area contributed by atoms with Crippen LogP contribution in [0.1, 0.15) is 49.2 Å². The minimum Gasteiger partial charge on any atom is -0.497 e. The fraction of sp³-hybridized carbons (Fsp3) is 0.270. The number of carbonyl (C=O) groups excluding carboxylic acids is 1. The molecule has 0 fully saturated rings. The highest BCUT2D eigenvalue weighted by molar-refractivity contribution is 7.07. The van der Waals surface area contributed by atoms with E-state index in [9.17, 15) is 14.0 Å². The molecule has 1 atom stereocenters. The van der Waals surface area contributed by atoms with Gasteiger partial charge in [-0.05, 0) is 75.7 Å². The molecular formula is C37H37FN4O4S. The van der Waals surface area contributed by atoms with Gasteiger partial charge in [-0.3, -0.25) is 14.2 Å². The molecule has 10 heteroatoms. The van der Waals surface area contributed by atoms with Crippen LogP contribution in [0.3, 0.4) is 0 Å². The lowest BCUT2D eigenvalue weighted by Gasteiger charge is -2.30. The third-order valence-corrected chi connectivity index (χ3v) is 9.83. The van der Waals surface area contributed by atoms with Crippen molar-refractivity contribution in [2.45, 2.75) is 40.3 Å². The number of thiazole rings is 1. The normalized spacial score (nSPS) is 14.7. The first-order valence-corrected chi connectivity index (χ1v) is 16.4. The van der Waals surface area contributed by atoms with Gasteiger partial charge >= 0.3 is 0 Å². The van der Waals surface area contributed by atoms with E-state index in [-0.39, 0.29) is 17.3 Å². The van der Waals surface area contributed by atoms with Crippen LogP contribution in [0.4, 0.5) is 4.39 Å². The number of ether oxygens (including phenoxy) is 2. The van der Waals surface area contributed by atoms with Crippen molar-refractivity contribution in [3.05, 3.63) is 126 Å². The minimum atomic E-state index is -0.785. The van der Waals surface area contributed by atoms with Crippen molar-refractivity contribution in [3.63, 3.8) is 0 Å². The summed E-state index contributed by atoms with van der Waals surface area (Å²) in [5.41, 5.74) is 5.22. The van der Waals surface area contributed by atoms with Crippen LogP contribution in [0.2, 0.25) is 0 Å². The second kappa shape index (κ2) is 13.0. The molecule has 1 amide bonds. The van der Waals surface area contributed by atoms with Crippen molar-refractivity contribution in [3.8, 4) is 11.5 Å². The van der Waals surface area contributed by atoms with Crippen LogP contribution in [-0.4, -0.2) is 47.3 Å². The largest absolute Gasteiger partial charge is 0.497 e. The number of nitrogens with zero attached hydrogens (tertiary/aromatic N) is 4. The van der Waals surface area contributed by atoms with Crippen LogP contribution in [0, 0.1) is 12.7 Å². The third kappa shape index (κ3) is 5.67. The Morgan fingerprint density at radius 2 is 1.74 bits per heavy atom. The van der Waals surface area contributed by atoms with Crippen LogP contribution in [-0.2, 0) is 11.3 Å². The van der Waals surface area contributed by atoms with Crippen molar-refractivity contribution < 1.29 is 18.7 Å². The van der Waals surface area contributed by atoms with Crippen molar-refractivity contribution in [2.75, 3.05) is 27.3 Å². The average Bonchev–Trinajstić information content (AvgIpc) is 3.53. The number of hydrogen-bond donors (Lipinski definition) is 0. The van der Waals surface area contributed by atoms with E-state index in [1.54, 1.807) is 48.0 Å². The summed E-state index contributed by atoms with van der Waals surface area (Å²) < 4.78 is 29.3. The van der Waals surface area contributed by atoms with Gasteiger partial charge in [0.05, 0.1) is 30.0 Å². The molecule has 1 aliphatic heterocycles. The Labute approximate surface area is 276 Å². The number of aromatic nitrogens is 2. The smallest absolute Gasteiger partial charge is 0.271 e. The van der Waals surface area contributed by atoms with E-state index in [0.29, 0.717) is 57.3 Å². The number of fused-ring (bicyclic) bond motifs is 2. The molecule has 0 unspecified atom stereocenters. The first kappa shape index (κ1) is 32.0. The topological polar surface area (TPSA) is 78.1 Å². The molecule has 1 aliphatic rings. The SMILES string of the molecule is CCN(CC)C(=O)C1=C(C)N=c2s/c(=C/c3c(C)n(Cc4ccc(F)cc4)c4ccccc34)c(=O)n2[C@@H]1c1cc(OC)ccc1OC. The highest BCUT2D eigenvalue weighted by atomic mass is 32.1. The van der Waals surface area contributed by atoms with E-state index in [1.165, 1.54) is 23.5 Å². The summed E-state index contributed by atoms with van der Waals surface area (Å²) in [6.07, 6.45) is 1.92. The Bertz CT molecular complexity index is 2210. The number of amides is 1. The van der Waals surface area contributed by atoms with Gasteiger partial charge in [0.25, 0.3) is 11.5 Å². The number of benzene rings is 3. The zero-order valence-electron chi connectivity index (χ0n) is 27.3. The summed E-state index contributed by atoms with van der Waals surface area (Å²) in [6, 6.07) is 19.2. The fourth-order valence-electron chi connectivity index (χ4n) is 6.37. The molecule has 0 radical (unpaired) electrons. The number of likely N-dealkylation sites (N-methyl/N-ethyl adjacent to an activating group) is 1. The molecule has 3 heterocycles. The molecule has 47 heavy (non-hydrogen) atoms. The van der Waals surface area contributed by atoms with Gasteiger partial charge in [-0.25, -0.2) is 9.38 Å². The van der Waals surface area contributed by atoms with Crippen LogP contribution in [0.25, 0.3) is 17.0 Å². The standard InChI is InChI=1S/C37H37FN4O4S/c1-7-40(8-2)36(44)33-22(3)39-37-42(34(33)29-19-26(45-5)17-18-31(29)46-6)35(43)32(47-37)20-28-23(4)41(30-12-10-9-11-27(28)30)21-24-13-15-25(38)16-14-24/h9-20,34H,7-8,21H2,1-6H3/b32-20+/t34-/m1/s1. The maximum Gasteiger partial charge on any atom is 0.271 e. The number of hydrogen-bond acceptors (Lipinski definition) is 6. The molecule has 0 bridgehead atoms. The lowest BCUT2D eigenvalue weighted by Crippen LogP contribution is -2.43. The van der Waals surface area contributed by atoms with Gasteiger partial charge in [0.1, 0.15) is 23.4 Å². The number of rotatable bonds is 9. The summed E-state index contributed by atoms with van der Waals surface area (Å²) in [6.45, 7) is 9.29. The Balaban J connectivity index is 1.58.